The quantitative estimate of drug-likeness (QED) is 0.278. The number of carbonyl (C=O) groups excluding carboxylic acids is 2. The summed E-state index contributed by atoms with van der Waals surface area (Å²) < 4.78 is 0. The lowest BCUT2D eigenvalue weighted by molar-refractivity contribution is -0.113. The average Bonchev–Trinajstić information content (AvgIpc) is 3.46. The predicted molar refractivity (Wildman–Crippen MR) is 148 cm³/mol. The number of carbonyl (C=O) groups is 2. The van der Waals surface area contributed by atoms with Gasteiger partial charge in [-0.1, -0.05) is 25.4 Å². The molecule has 4 heterocycles. The molecule has 0 spiro atoms. The zero-order valence-corrected chi connectivity index (χ0v) is 23.2. The molecule has 1 aliphatic heterocycles. The van der Waals surface area contributed by atoms with Gasteiger partial charge in [-0.15, -0.1) is 11.3 Å². The highest BCUT2D eigenvalue weighted by Crippen LogP contribution is 2.41. The minimum absolute atomic E-state index is 0.0194. The minimum atomic E-state index is -0.290. The fourth-order valence-electron chi connectivity index (χ4n) is 4.24. The van der Waals surface area contributed by atoms with Crippen molar-refractivity contribution in [1.82, 2.24) is 30.2 Å². The van der Waals surface area contributed by atoms with Crippen molar-refractivity contribution in [2.24, 2.45) is 0 Å². The van der Waals surface area contributed by atoms with Gasteiger partial charge in [-0.05, 0) is 45.5 Å². The van der Waals surface area contributed by atoms with Crippen LogP contribution in [0.3, 0.4) is 0 Å². The van der Waals surface area contributed by atoms with Crippen molar-refractivity contribution in [2.45, 2.75) is 41.2 Å². The number of anilines is 2. The fraction of sp³-hybridized carbons (Fsp3) is 0.400. The average molecular weight is 543 g/mol. The van der Waals surface area contributed by atoms with E-state index in [4.69, 9.17) is 17.3 Å². The van der Waals surface area contributed by atoms with Gasteiger partial charge in [0.05, 0.1) is 28.9 Å². The lowest BCUT2D eigenvalue weighted by atomic mass is 10.1. The molecule has 196 valence electrons. The molecule has 0 saturated heterocycles. The molecule has 4 N–H and O–H groups in total. The van der Waals surface area contributed by atoms with E-state index in [1.807, 2.05) is 20.8 Å². The maximum Gasteiger partial charge on any atom is 0.260 e. The standard InChI is InChI=1S/C25H31ClN8O2S/c1-6-33(7-2)9-8-28-23(35)17-11-29-18(13(17)3)10-16-20-21(26)31-25(27)32-22(20)34(24(16)36)12-19-30-14(4)15(5)37-19/h10-11,29H,6-9,12H2,1-5H3,(H,28,35)(H2,27,31,32)/b16-10-. The molecule has 2 amide bonds. The van der Waals surface area contributed by atoms with Crippen LogP contribution < -0.4 is 16.0 Å². The first-order valence-corrected chi connectivity index (χ1v) is 13.3. The van der Waals surface area contributed by atoms with Crippen molar-refractivity contribution in [3.8, 4) is 0 Å². The van der Waals surface area contributed by atoms with E-state index in [2.05, 4.69) is 44.0 Å². The summed E-state index contributed by atoms with van der Waals surface area (Å²) in [6.07, 6.45) is 3.34. The van der Waals surface area contributed by atoms with Crippen LogP contribution in [-0.2, 0) is 11.3 Å². The second kappa shape index (κ2) is 11.0. The molecule has 0 radical (unpaired) electrons. The number of aromatic amines is 1. The zero-order valence-electron chi connectivity index (χ0n) is 21.6. The molecule has 0 unspecified atom stereocenters. The van der Waals surface area contributed by atoms with Gasteiger partial charge in [0.15, 0.2) is 5.82 Å². The number of nitrogens with one attached hydrogen (secondary N) is 2. The number of nitrogens with two attached hydrogens (primary N) is 1. The summed E-state index contributed by atoms with van der Waals surface area (Å²) in [5.41, 5.74) is 9.38. The molecular weight excluding hydrogens is 512 g/mol. The molecule has 3 aromatic rings. The first kappa shape index (κ1) is 26.8. The Kier molecular flexibility index (Phi) is 7.96. The maximum atomic E-state index is 13.6. The van der Waals surface area contributed by atoms with Gasteiger partial charge in [0, 0.05) is 29.9 Å². The summed E-state index contributed by atoms with van der Waals surface area (Å²) in [5.74, 6) is -0.137. The van der Waals surface area contributed by atoms with Crippen molar-refractivity contribution in [3.63, 3.8) is 0 Å². The summed E-state index contributed by atoms with van der Waals surface area (Å²) >= 11 is 7.98. The van der Waals surface area contributed by atoms with E-state index in [-0.39, 0.29) is 29.5 Å². The van der Waals surface area contributed by atoms with Crippen LogP contribution in [0.5, 0.6) is 0 Å². The normalized spacial score (nSPS) is 14.2. The van der Waals surface area contributed by atoms with Crippen molar-refractivity contribution in [3.05, 3.63) is 49.3 Å². The number of hydrogen-bond acceptors (Lipinski definition) is 8. The van der Waals surface area contributed by atoms with Crippen molar-refractivity contribution < 1.29 is 9.59 Å². The molecular formula is C25H31ClN8O2S. The number of thiazole rings is 1. The highest BCUT2D eigenvalue weighted by molar-refractivity contribution is 7.11. The van der Waals surface area contributed by atoms with Gasteiger partial charge >= 0.3 is 0 Å². The van der Waals surface area contributed by atoms with Gasteiger partial charge in [-0.25, -0.2) is 9.97 Å². The lowest BCUT2D eigenvalue weighted by Crippen LogP contribution is -2.34. The Balaban J connectivity index is 1.63. The molecule has 0 saturated carbocycles. The lowest BCUT2D eigenvalue weighted by Gasteiger charge is -2.17. The van der Waals surface area contributed by atoms with Gasteiger partial charge in [-0.3, -0.25) is 14.5 Å². The Labute approximate surface area is 225 Å². The van der Waals surface area contributed by atoms with Crippen LogP contribution in [0.1, 0.15) is 56.6 Å². The van der Waals surface area contributed by atoms with Crippen molar-refractivity contribution >= 4 is 58.2 Å². The Bertz CT molecular complexity index is 1360. The van der Waals surface area contributed by atoms with Crippen LogP contribution in [-0.4, -0.2) is 62.8 Å². The maximum absolute atomic E-state index is 13.6. The number of aromatic nitrogens is 4. The smallest absolute Gasteiger partial charge is 0.260 e. The third-order valence-electron chi connectivity index (χ3n) is 6.55. The second-order valence-corrected chi connectivity index (χ2v) is 10.4. The van der Waals surface area contributed by atoms with Crippen molar-refractivity contribution in [1.29, 1.82) is 0 Å². The largest absolute Gasteiger partial charge is 0.368 e. The van der Waals surface area contributed by atoms with E-state index < -0.39 is 0 Å². The summed E-state index contributed by atoms with van der Waals surface area (Å²) in [6, 6.07) is 0. The number of nitrogen functional groups attached to an aromatic ring is 1. The Hall–Kier alpha value is -3.28. The Morgan fingerprint density at radius 2 is 1.97 bits per heavy atom. The summed E-state index contributed by atoms with van der Waals surface area (Å²) in [5, 5.41) is 3.84. The summed E-state index contributed by atoms with van der Waals surface area (Å²) in [4.78, 5) is 47.3. The highest BCUT2D eigenvalue weighted by Gasteiger charge is 2.37. The number of hydrogen-bond donors (Lipinski definition) is 3. The molecule has 3 aromatic heterocycles. The van der Waals surface area contributed by atoms with Crippen LogP contribution in [0.15, 0.2) is 6.20 Å². The van der Waals surface area contributed by atoms with Gasteiger partial charge in [0.25, 0.3) is 11.8 Å². The van der Waals surface area contributed by atoms with Gasteiger partial charge in [-0.2, -0.15) is 4.98 Å². The van der Waals surface area contributed by atoms with Crippen molar-refractivity contribution in [2.75, 3.05) is 36.8 Å². The fourth-order valence-corrected chi connectivity index (χ4v) is 5.44. The number of halogens is 1. The van der Waals surface area contributed by atoms with E-state index in [0.29, 0.717) is 34.8 Å². The molecule has 0 fully saturated rings. The number of amides is 2. The first-order valence-electron chi connectivity index (χ1n) is 12.1. The molecule has 4 rings (SSSR count). The van der Waals surface area contributed by atoms with E-state index in [1.165, 1.54) is 16.2 Å². The van der Waals surface area contributed by atoms with E-state index in [9.17, 15) is 9.59 Å². The molecule has 12 heteroatoms. The van der Waals surface area contributed by atoms with E-state index in [1.54, 1.807) is 12.3 Å². The topological polar surface area (TPSA) is 133 Å². The molecule has 10 nitrogen and oxygen atoms in total. The van der Waals surface area contributed by atoms with Crippen LogP contribution in [0.2, 0.25) is 5.15 Å². The third-order valence-corrected chi connectivity index (χ3v) is 7.88. The van der Waals surface area contributed by atoms with E-state index >= 15 is 0 Å². The Morgan fingerprint density at radius 3 is 2.62 bits per heavy atom. The Morgan fingerprint density at radius 1 is 1.24 bits per heavy atom. The highest BCUT2D eigenvalue weighted by atomic mass is 35.5. The SMILES string of the molecule is CCN(CC)CCNC(=O)c1c[nH]c(/C=C2\C(=O)N(Cc3nc(C)c(C)s3)c3nc(N)nc(Cl)c32)c1C. The molecule has 0 aromatic carbocycles. The van der Waals surface area contributed by atoms with Gasteiger partial charge in [0.2, 0.25) is 5.95 Å². The number of likely N-dealkylation sites (N-methyl/N-ethyl adjacent to an activating group) is 1. The number of rotatable bonds is 9. The second-order valence-electron chi connectivity index (χ2n) is 8.79. The molecule has 0 aliphatic carbocycles. The van der Waals surface area contributed by atoms with Crippen LogP contribution in [0, 0.1) is 20.8 Å². The summed E-state index contributed by atoms with van der Waals surface area (Å²) in [6.45, 7) is 13.4. The number of fused-ring (bicyclic) bond motifs is 1. The molecule has 0 atom stereocenters. The molecule has 0 bridgehead atoms. The van der Waals surface area contributed by atoms with Crippen LogP contribution in [0.25, 0.3) is 11.6 Å². The third kappa shape index (κ3) is 5.39. The predicted octanol–water partition coefficient (Wildman–Crippen LogP) is 3.58. The monoisotopic (exact) mass is 542 g/mol. The van der Waals surface area contributed by atoms with Crippen LogP contribution >= 0.6 is 22.9 Å². The van der Waals surface area contributed by atoms with Gasteiger partial charge in [0.1, 0.15) is 10.2 Å². The zero-order chi connectivity index (χ0) is 26.9. The molecule has 37 heavy (non-hydrogen) atoms. The first-order chi connectivity index (χ1) is 17.6. The molecule has 1 aliphatic rings. The summed E-state index contributed by atoms with van der Waals surface area (Å²) in [7, 11) is 0. The van der Waals surface area contributed by atoms with Gasteiger partial charge < -0.3 is 20.9 Å². The number of H-pyrrole nitrogens is 1. The number of aryl methyl sites for hydroxylation is 2. The van der Waals surface area contributed by atoms with E-state index in [0.717, 1.165) is 40.8 Å². The van der Waals surface area contributed by atoms with Crippen LogP contribution in [0.4, 0.5) is 11.8 Å². The number of nitrogens with zero attached hydrogens (tertiary/aromatic N) is 5. The minimum Gasteiger partial charge on any atom is -0.368 e.